The molecule has 1 saturated carbocycles. The molecule has 6 heteroatoms. The molecule has 3 fully saturated rings. The molecular formula is C21H29ClN2O3. The van der Waals surface area contributed by atoms with E-state index >= 15 is 0 Å². The predicted octanol–water partition coefficient (Wildman–Crippen LogP) is 3.60. The maximum absolute atomic E-state index is 12.7. The number of hydrogen-bond donors (Lipinski definition) is 0. The van der Waals surface area contributed by atoms with Crippen molar-refractivity contribution >= 4 is 17.5 Å². The van der Waals surface area contributed by atoms with Gasteiger partial charge < -0.3 is 19.3 Å². The first-order chi connectivity index (χ1) is 13.2. The van der Waals surface area contributed by atoms with Gasteiger partial charge >= 0.3 is 0 Å². The molecule has 27 heavy (non-hydrogen) atoms. The molecule has 1 aliphatic carbocycles. The maximum Gasteiger partial charge on any atom is 0.255 e. The van der Waals surface area contributed by atoms with E-state index in [0.29, 0.717) is 42.9 Å². The monoisotopic (exact) mass is 392 g/mol. The van der Waals surface area contributed by atoms with Crippen molar-refractivity contribution in [2.45, 2.75) is 50.7 Å². The number of piperidine rings is 1. The van der Waals surface area contributed by atoms with E-state index < -0.39 is 0 Å². The minimum absolute atomic E-state index is 0.0224. The van der Waals surface area contributed by atoms with Crippen molar-refractivity contribution in [1.29, 1.82) is 0 Å². The van der Waals surface area contributed by atoms with Crippen molar-refractivity contribution in [2.24, 2.45) is 0 Å². The van der Waals surface area contributed by atoms with Gasteiger partial charge in [-0.25, -0.2) is 0 Å². The lowest BCUT2D eigenvalue weighted by Gasteiger charge is -2.44. The van der Waals surface area contributed by atoms with Crippen LogP contribution in [-0.2, 0) is 4.74 Å². The summed E-state index contributed by atoms with van der Waals surface area (Å²) in [4.78, 5) is 17.2. The first-order valence-electron chi connectivity index (χ1n) is 10.3. The molecule has 4 rings (SSSR count). The summed E-state index contributed by atoms with van der Waals surface area (Å²) in [6.45, 7) is 5.11. The number of benzene rings is 1. The van der Waals surface area contributed by atoms with Crippen LogP contribution in [0.25, 0.3) is 0 Å². The molecule has 2 saturated heterocycles. The lowest BCUT2D eigenvalue weighted by Crippen LogP contribution is -2.50. The quantitative estimate of drug-likeness (QED) is 0.785. The largest absolute Gasteiger partial charge is 0.490 e. The van der Waals surface area contributed by atoms with Crippen LogP contribution in [0.15, 0.2) is 18.2 Å². The third-order valence-corrected chi connectivity index (χ3v) is 6.27. The molecule has 0 atom stereocenters. The maximum atomic E-state index is 12.7. The Kier molecular flexibility index (Phi) is 6.21. The highest BCUT2D eigenvalue weighted by Gasteiger charge is 2.35. The first-order valence-corrected chi connectivity index (χ1v) is 10.7. The molecule has 0 N–H and O–H groups in total. The number of ether oxygens (including phenoxy) is 2. The summed E-state index contributed by atoms with van der Waals surface area (Å²) in [5, 5.41) is 0.467. The zero-order valence-electron chi connectivity index (χ0n) is 15.9. The predicted molar refractivity (Wildman–Crippen MR) is 106 cm³/mol. The summed E-state index contributed by atoms with van der Waals surface area (Å²) in [7, 11) is 0. The van der Waals surface area contributed by atoms with Gasteiger partial charge in [0.1, 0.15) is 11.9 Å². The normalized spacial score (nSPS) is 26.9. The number of halogens is 1. The van der Waals surface area contributed by atoms with Gasteiger partial charge in [0.15, 0.2) is 0 Å². The van der Waals surface area contributed by atoms with Crippen LogP contribution >= 0.6 is 11.6 Å². The summed E-state index contributed by atoms with van der Waals surface area (Å²) in [5.74, 6) is 0.740. The Bertz CT molecular complexity index is 649. The van der Waals surface area contributed by atoms with Crippen LogP contribution < -0.4 is 4.74 Å². The van der Waals surface area contributed by atoms with Crippen LogP contribution in [0.2, 0.25) is 5.02 Å². The van der Waals surface area contributed by atoms with Gasteiger partial charge in [0.2, 0.25) is 0 Å². The highest BCUT2D eigenvalue weighted by Crippen LogP contribution is 2.33. The fraction of sp³-hybridized carbons (Fsp3) is 0.667. The van der Waals surface area contributed by atoms with Gasteiger partial charge in [-0.2, -0.15) is 0 Å². The summed E-state index contributed by atoms with van der Waals surface area (Å²) >= 11 is 6.41. The van der Waals surface area contributed by atoms with Gasteiger partial charge in [-0.3, -0.25) is 4.79 Å². The van der Waals surface area contributed by atoms with Crippen LogP contribution in [0.1, 0.15) is 48.9 Å². The summed E-state index contributed by atoms with van der Waals surface area (Å²) in [6, 6.07) is 6.14. The Hall–Kier alpha value is -1.30. The van der Waals surface area contributed by atoms with Crippen LogP contribution in [0.5, 0.6) is 5.75 Å². The summed E-state index contributed by atoms with van der Waals surface area (Å²) < 4.78 is 11.5. The number of likely N-dealkylation sites (tertiary alicyclic amines) is 1. The number of hydrogen-bond acceptors (Lipinski definition) is 4. The zero-order valence-corrected chi connectivity index (χ0v) is 16.6. The minimum Gasteiger partial charge on any atom is -0.490 e. The number of carbonyl (C=O) groups excluding carboxylic acids is 1. The van der Waals surface area contributed by atoms with E-state index in [9.17, 15) is 4.79 Å². The Morgan fingerprint density at radius 2 is 1.85 bits per heavy atom. The van der Waals surface area contributed by atoms with Gasteiger partial charge in [0.05, 0.1) is 17.2 Å². The van der Waals surface area contributed by atoms with Crippen molar-refractivity contribution in [2.75, 3.05) is 39.4 Å². The number of amides is 1. The second kappa shape index (κ2) is 8.80. The van der Waals surface area contributed by atoms with Gasteiger partial charge in [-0.15, -0.1) is 0 Å². The SMILES string of the molecule is O=C(c1ccc(OC2CC(N3CCCCC3)C2)cc1Cl)N1CCCOCC1. The molecule has 148 valence electrons. The van der Waals surface area contributed by atoms with Gasteiger partial charge in [0.25, 0.3) is 5.91 Å². The van der Waals surface area contributed by atoms with E-state index in [2.05, 4.69) is 4.90 Å². The molecule has 3 aliphatic rings. The average molecular weight is 393 g/mol. The molecule has 0 spiro atoms. The molecular weight excluding hydrogens is 364 g/mol. The van der Waals surface area contributed by atoms with Crippen LogP contribution in [0.4, 0.5) is 0 Å². The molecule has 2 aliphatic heterocycles. The number of nitrogens with zero attached hydrogens (tertiary/aromatic N) is 2. The van der Waals surface area contributed by atoms with E-state index in [0.717, 1.165) is 25.0 Å². The lowest BCUT2D eigenvalue weighted by atomic mass is 9.86. The van der Waals surface area contributed by atoms with Crippen molar-refractivity contribution in [3.63, 3.8) is 0 Å². The third-order valence-electron chi connectivity index (χ3n) is 5.96. The van der Waals surface area contributed by atoms with E-state index in [4.69, 9.17) is 21.1 Å². The van der Waals surface area contributed by atoms with E-state index in [-0.39, 0.29) is 12.0 Å². The molecule has 5 nitrogen and oxygen atoms in total. The molecule has 2 heterocycles. The standard InChI is InChI=1S/C21H29ClN2O3/c22-20-15-17(27-18-13-16(14-18)23-7-2-1-3-8-23)5-6-19(20)21(25)24-9-4-11-26-12-10-24/h5-6,15-16,18H,1-4,7-14H2. The van der Waals surface area contributed by atoms with Gasteiger partial charge in [-0.1, -0.05) is 18.0 Å². The minimum atomic E-state index is -0.0224. The van der Waals surface area contributed by atoms with E-state index in [1.807, 2.05) is 11.0 Å². The fourth-order valence-corrected chi connectivity index (χ4v) is 4.52. The molecule has 1 aromatic carbocycles. The second-order valence-electron chi connectivity index (χ2n) is 7.86. The van der Waals surface area contributed by atoms with Crippen molar-refractivity contribution < 1.29 is 14.3 Å². The van der Waals surface area contributed by atoms with Crippen molar-refractivity contribution in [1.82, 2.24) is 9.80 Å². The Labute approximate surface area is 166 Å². The lowest BCUT2D eigenvalue weighted by molar-refractivity contribution is 0.00892. The summed E-state index contributed by atoms with van der Waals surface area (Å²) in [6.07, 6.45) is 7.34. The van der Waals surface area contributed by atoms with Crippen LogP contribution in [-0.4, -0.2) is 67.2 Å². The molecule has 1 amide bonds. The fourth-order valence-electron chi connectivity index (χ4n) is 4.27. The van der Waals surface area contributed by atoms with Crippen molar-refractivity contribution in [3.8, 4) is 5.75 Å². The molecule has 1 aromatic rings. The average Bonchev–Trinajstić information content (AvgIpc) is 2.94. The van der Waals surface area contributed by atoms with Crippen molar-refractivity contribution in [3.05, 3.63) is 28.8 Å². The smallest absolute Gasteiger partial charge is 0.255 e. The van der Waals surface area contributed by atoms with Gasteiger partial charge in [-0.05, 0) is 50.6 Å². The molecule has 0 aromatic heterocycles. The van der Waals surface area contributed by atoms with E-state index in [1.54, 1.807) is 12.1 Å². The summed E-state index contributed by atoms with van der Waals surface area (Å²) in [5.41, 5.74) is 0.547. The van der Waals surface area contributed by atoms with Gasteiger partial charge in [0, 0.05) is 38.6 Å². The topological polar surface area (TPSA) is 42.0 Å². The Morgan fingerprint density at radius 3 is 2.63 bits per heavy atom. The Balaban J connectivity index is 1.31. The third kappa shape index (κ3) is 4.58. The highest BCUT2D eigenvalue weighted by atomic mass is 35.5. The van der Waals surface area contributed by atoms with Crippen LogP contribution in [0, 0.1) is 0 Å². The second-order valence-corrected chi connectivity index (χ2v) is 8.27. The Morgan fingerprint density at radius 1 is 1.04 bits per heavy atom. The zero-order chi connectivity index (χ0) is 18.6. The van der Waals surface area contributed by atoms with Crippen LogP contribution in [0.3, 0.4) is 0 Å². The molecule has 0 bridgehead atoms. The number of rotatable bonds is 4. The molecule has 0 radical (unpaired) electrons. The molecule has 0 unspecified atom stereocenters. The first kappa shape index (κ1) is 19.0. The highest BCUT2D eigenvalue weighted by molar-refractivity contribution is 6.34. The van der Waals surface area contributed by atoms with E-state index in [1.165, 1.54) is 32.4 Å². The number of carbonyl (C=O) groups is 1.